The molecule has 0 aromatic heterocycles. The first kappa shape index (κ1) is 18.9. The Kier molecular flexibility index (Phi) is 7.28. The van der Waals surface area contributed by atoms with Gasteiger partial charge in [0.1, 0.15) is 0 Å². The molecule has 1 aliphatic heterocycles. The molecule has 0 saturated carbocycles. The number of nitrogens with two attached hydrogens (primary N) is 1. The number of rotatable bonds is 6. The van der Waals surface area contributed by atoms with E-state index >= 15 is 0 Å². The number of halogens is 1. The molecule has 22 heavy (non-hydrogen) atoms. The molecule has 1 amide bonds. The van der Waals surface area contributed by atoms with Crippen LogP contribution >= 0.6 is 12.4 Å². The summed E-state index contributed by atoms with van der Waals surface area (Å²) >= 11 is 0. The van der Waals surface area contributed by atoms with Gasteiger partial charge in [-0.15, -0.1) is 12.4 Å². The molecule has 0 radical (unpaired) electrons. The molecule has 8 heteroatoms. The smallest absolute Gasteiger partial charge is 0.238 e. The Balaban J connectivity index is 0.00000242. The molecule has 1 aromatic carbocycles. The number of sulfonamides is 1. The molecule has 2 rings (SSSR count). The van der Waals surface area contributed by atoms with Crippen LogP contribution in [0.1, 0.15) is 24.8 Å². The molecule has 1 heterocycles. The highest BCUT2D eigenvalue weighted by Crippen LogP contribution is 2.14. The van der Waals surface area contributed by atoms with Crippen molar-refractivity contribution >= 4 is 28.3 Å². The first-order valence-corrected chi connectivity index (χ1v) is 8.59. The van der Waals surface area contributed by atoms with Gasteiger partial charge in [0.25, 0.3) is 0 Å². The topological polar surface area (TPSA) is 101 Å². The van der Waals surface area contributed by atoms with Gasteiger partial charge in [0.15, 0.2) is 0 Å². The molecular weight excluding hydrogens is 326 g/mol. The van der Waals surface area contributed by atoms with Crippen LogP contribution in [0.15, 0.2) is 29.2 Å². The van der Waals surface area contributed by atoms with Gasteiger partial charge < -0.3 is 10.6 Å². The van der Waals surface area contributed by atoms with Crippen molar-refractivity contribution in [3.63, 3.8) is 0 Å². The number of nitrogens with one attached hydrogen (secondary N) is 2. The highest BCUT2D eigenvalue weighted by Gasteiger charge is 2.15. The van der Waals surface area contributed by atoms with Crippen molar-refractivity contribution in [1.82, 2.24) is 10.6 Å². The first-order valence-electron chi connectivity index (χ1n) is 7.04. The predicted octanol–water partition coefficient (Wildman–Crippen LogP) is 0.762. The Hall–Kier alpha value is -1.15. The van der Waals surface area contributed by atoms with Crippen LogP contribution in [0.3, 0.4) is 0 Å². The largest absolute Gasteiger partial charge is 0.352 e. The van der Waals surface area contributed by atoms with E-state index < -0.39 is 10.0 Å². The zero-order chi connectivity index (χ0) is 15.3. The zero-order valence-electron chi connectivity index (χ0n) is 12.2. The zero-order valence-corrected chi connectivity index (χ0v) is 13.9. The molecular formula is C14H22ClN3O3S. The van der Waals surface area contributed by atoms with E-state index in [0.717, 1.165) is 31.5 Å². The summed E-state index contributed by atoms with van der Waals surface area (Å²) in [4.78, 5) is 11.8. The van der Waals surface area contributed by atoms with E-state index in [1.165, 1.54) is 12.1 Å². The van der Waals surface area contributed by atoms with E-state index in [1.54, 1.807) is 12.1 Å². The van der Waals surface area contributed by atoms with Crippen LogP contribution in [0, 0.1) is 5.92 Å². The third kappa shape index (κ3) is 5.92. The van der Waals surface area contributed by atoms with E-state index in [4.69, 9.17) is 5.14 Å². The molecule has 1 aromatic rings. The molecule has 0 aliphatic carbocycles. The minimum Gasteiger partial charge on any atom is -0.352 e. The average molecular weight is 348 g/mol. The predicted molar refractivity (Wildman–Crippen MR) is 87.1 cm³/mol. The fraction of sp³-hybridized carbons (Fsp3) is 0.500. The Morgan fingerprint density at radius 1 is 1.32 bits per heavy atom. The minimum absolute atomic E-state index is 0. The number of primary sulfonamides is 1. The van der Waals surface area contributed by atoms with Crippen LogP contribution in [0.4, 0.5) is 0 Å². The summed E-state index contributed by atoms with van der Waals surface area (Å²) in [5, 5.41) is 11.1. The summed E-state index contributed by atoms with van der Waals surface area (Å²) in [6.07, 6.45) is 2.58. The summed E-state index contributed by atoms with van der Waals surface area (Å²) in [6.45, 7) is 2.44. The van der Waals surface area contributed by atoms with Gasteiger partial charge in [0.2, 0.25) is 15.9 Å². The molecule has 1 fully saturated rings. The molecule has 4 N–H and O–H groups in total. The van der Waals surface area contributed by atoms with E-state index in [1.807, 2.05) is 0 Å². The van der Waals surface area contributed by atoms with Gasteiger partial charge in [-0.1, -0.05) is 12.1 Å². The van der Waals surface area contributed by atoms with Crippen LogP contribution in [0.25, 0.3) is 0 Å². The Morgan fingerprint density at radius 2 is 2.00 bits per heavy atom. The summed E-state index contributed by atoms with van der Waals surface area (Å²) in [5.74, 6) is 0.627. The number of amides is 1. The van der Waals surface area contributed by atoms with Gasteiger partial charge >= 0.3 is 0 Å². The lowest BCUT2D eigenvalue weighted by Gasteiger charge is -2.09. The second-order valence-electron chi connectivity index (χ2n) is 5.36. The van der Waals surface area contributed by atoms with Crippen molar-refractivity contribution in [2.75, 3.05) is 13.1 Å². The fourth-order valence-electron chi connectivity index (χ4n) is 2.38. The van der Waals surface area contributed by atoms with Gasteiger partial charge in [0.05, 0.1) is 4.90 Å². The van der Waals surface area contributed by atoms with Gasteiger partial charge in [0, 0.05) is 13.0 Å². The summed E-state index contributed by atoms with van der Waals surface area (Å²) in [5.41, 5.74) is 0.846. The lowest BCUT2D eigenvalue weighted by atomic mass is 10.0. The third-order valence-electron chi connectivity index (χ3n) is 3.68. The number of hydrogen-bond acceptors (Lipinski definition) is 4. The van der Waals surface area contributed by atoms with E-state index in [0.29, 0.717) is 18.9 Å². The van der Waals surface area contributed by atoms with Crippen LogP contribution < -0.4 is 15.8 Å². The lowest BCUT2D eigenvalue weighted by Crippen LogP contribution is -2.23. The molecule has 1 atom stereocenters. The van der Waals surface area contributed by atoms with Crippen molar-refractivity contribution < 1.29 is 13.2 Å². The second kappa shape index (κ2) is 8.47. The Bertz CT molecular complexity index is 584. The SMILES string of the molecule is Cl.NS(=O)(=O)c1ccc(CNC(=O)CCC2CCNC2)cc1. The number of carbonyl (C=O) groups is 1. The highest BCUT2D eigenvalue weighted by molar-refractivity contribution is 7.89. The molecule has 0 spiro atoms. The maximum atomic E-state index is 11.8. The van der Waals surface area contributed by atoms with Gasteiger partial charge in [-0.3, -0.25) is 4.79 Å². The van der Waals surface area contributed by atoms with Crippen LogP contribution in [-0.4, -0.2) is 27.4 Å². The van der Waals surface area contributed by atoms with E-state index in [-0.39, 0.29) is 23.2 Å². The number of benzene rings is 1. The maximum absolute atomic E-state index is 11.8. The normalized spacial score (nSPS) is 17.8. The van der Waals surface area contributed by atoms with Crippen molar-refractivity contribution in [2.24, 2.45) is 11.1 Å². The second-order valence-corrected chi connectivity index (χ2v) is 6.92. The minimum atomic E-state index is -3.66. The van der Waals surface area contributed by atoms with Gasteiger partial charge in [-0.2, -0.15) is 0 Å². The van der Waals surface area contributed by atoms with Crippen molar-refractivity contribution in [3.05, 3.63) is 29.8 Å². The maximum Gasteiger partial charge on any atom is 0.238 e. The number of hydrogen-bond donors (Lipinski definition) is 3. The molecule has 1 aliphatic rings. The van der Waals surface area contributed by atoms with E-state index in [9.17, 15) is 13.2 Å². The van der Waals surface area contributed by atoms with Gasteiger partial charge in [-0.25, -0.2) is 13.6 Å². The Labute approximate surface area is 137 Å². The molecule has 6 nitrogen and oxygen atoms in total. The third-order valence-corrected chi connectivity index (χ3v) is 4.61. The summed E-state index contributed by atoms with van der Waals surface area (Å²) < 4.78 is 22.2. The van der Waals surface area contributed by atoms with Crippen LogP contribution in [-0.2, 0) is 21.4 Å². The number of carbonyl (C=O) groups excluding carboxylic acids is 1. The van der Waals surface area contributed by atoms with Crippen molar-refractivity contribution in [2.45, 2.75) is 30.7 Å². The van der Waals surface area contributed by atoms with Crippen LogP contribution in [0.5, 0.6) is 0 Å². The molecule has 1 saturated heterocycles. The van der Waals surface area contributed by atoms with Crippen LogP contribution in [0.2, 0.25) is 0 Å². The molecule has 124 valence electrons. The highest BCUT2D eigenvalue weighted by atomic mass is 35.5. The van der Waals surface area contributed by atoms with Crippen molar-refractivity contribution in [3.8, 4) is 0 Å². The molecule has 1 unspecified atom stereocenters. The lowest BCUT2D eigenvalue weighted by molar-refractivity contribution is -0.121. The molecule has 0 bridgehead atoms. The van der Waals surface area contributed by atoms with Crippen molar-refractivity contribution in [1.29, 1.82) is 0 Å². The fourth-order valence-corrected chi connectivity index (χ4v) is 2.90. The first-order chi connectivity index (χ1) is 9.95. The van der Waals surface area contributed by atoms with Gasteiger partial charge in [-0.05, 0) is 49.5 Å². The average Bonchev–Trinajstić information content (AvgIpc) is 2.95. The monoisotopic (exact) mass is 347 g/mol. The quantitative estimate of drug-likeness (QED) is 0.707. The summed E-state index contributed by atoms with van der Waals surface area (Å²) in [7, 11) is -3.66. The summed E-state index contributed by atoms with van der Waals surface area (Å²) in [6, 6.07) is 6.20. The van der Waals surface area contributed by atoms with E-state index in [2.05, 4.69) is 10.6 Å². The standard InChI is InChI=1S/C14H21N3O3S.ClH/c15-21(19,20)13-4-1-11(2-5-13)10-17-14(18)6-3-12-7-8-16-9-12;/h1-2,4-5,12,16H,3,6-10H2,(H,17,18)(H2,15,19,20);1H. The Morgan fingerprint density at radius 3 is 2.55 bits per heavy atom.